The van der Waals surface area contributed by atoms with Crippen molar-refractivity contribution < 1.29 is 19.2 Å². The normalized spacial score (nSPS) is 10.1. The monoisotopic (exact) mass is 271 g/mol. The fourth-order valence-corrected chi connectivity index (χ4v) is 1.35. The molecule has 0 atom stereocenters. The van der Waals surface area contributed by atoms with Gasteiger partial charge in [0.25, 0.3) is 0 Å². The number of nitrogens with one attached hydrogen (secondary N) is 1. The van der Waals surface area contributed by atoms with Crippen LogP contribution in [-0.4, -0.2) is 25.6 Å². The predicted molar refractivity (Wildman–Crippen MR) is 66.1 cm³/mol. The van der Waals surface area contributed by atoms with Crippen LogP contribution in [0.25, 0.3) is 0 Å². The molecule has 0 saturated carbocycles. The molecule has 0 aromatic heterocycles. The van der Waals surface area contributed by atoms with E-state index < -0.39 is 0 Å². The molecule has 0 unspecified atom stereocenters. The number of methoxy groups -OCH3 is 1. The van der Waals surface area contributed by atoms with Crippen molar-refractivity contribution in [2.24, 2.45) is 0 Å². The fraction of sp³-hybridized carbons (Fsp3) is 0.333. The van der Waals surface area contributed by atoms with Crippen LogP contribution in [0.4, 0.5) is 0 Å². The summed E-state index contributed by atoms with van der Waals surface area (Å²) in [6.45, 7) is -0.0309. The van der Waals surface area contributed by atoms with Crippen molar-refractivity contribution in [2.45, 2.75) is 12.8 Å². The van der Waals surface area contributed by atoms with Crippen LogP contribution in [0.3, 0.4) is 0 Å². The van der Waals surface area contributed by atoms with Crippen LogP contribution in [-0.2, 0) is 14.4 Å². The lowest BCUT2D eigenvalue weighted by atomic mass is 10.1. The molecule has 1 N–H and O–H groups in total. The zero-order valence-electron chi connectivity index (χ0n) is 9.94. The molecule has 0 fully saturated rings. The molecule has 6 heteroatoms. The van der Waals surface area contributed by atoms with E-state index in [1.54, 1.807) is 24.3 Å². The van der Waals surface area contributed by atoms with Gasteiger partial charge in [-0.3, -0.25) is 9.59 Å². The van der Waals surface area contributed by atoms with Crippen LogP contribution in [0.1, 0.15) is 23.2 Å². The van der Waals surface area contributed by atoms with Gasteiger partial charge in [-0.15, -0.1) is 0 Å². The molecule has 1 aromatic carbocycles. The predicted octanol–water partition coefficient (Wildman–Crippen LogP) is 1.95. The topological polar surface area (TPSA) is 64.6 Å². The third kappa shape index (κ3) is 5.27. The molecular formula is C12H14ClNO4. The Kier molecular flexibility index (Phi) is 6.35. The van der Waals surface area contributed by atoms with E-state index in [0.29, 0.717) is 10.6 Å². The number of benzene rings is 1. The maximum atomic E-state index is 11.7. The second kappa shape index (κ2) is 7.81. The minimum Gasteiger partial charge on any atom is -0.356 e. The number of ether oxygens (including phenoxy) is 1. The smallest absolute Gasteiger partial charge is 0.244 e. The van der Waals surface area contributed by atoms with Gasteiger partial charge in [0, 0.05) is 30.5 Å². The summed E-state index contributed by atoms with van der Waals surface area (Å²) in [5, 5.41) is 0.567. The Hall–Kier alpha value is -1.43. The minimum atomic E-state index is -0.366. The van der Waals surface area contributed by atoms with E-state index in [1.165, 1.54) is 7.11 Å². The average molecular weight is 272 g/mol. The fourth-order valence-electron chi connectivity index (χ4n) is 1.23. The molecular weight excluding hydrogens is 258 g/mol. The Labute approximate surface area is 110 Å². The molecule has 0 saturated heterocycles. The Morgan fingerprint density at radius 3 is 2.50 bits per heavy atom. The van der Waals surface area contributed by atoms with E-state index in [2.05, 4.69) is 15.1 Å². The SMILES string of the molecule is COCONC(=O)CCC(=O)c1ccc(Cl)cc1. The van der Waals surface area contributed by atoms with Gasteiger partial charge in [0.15, 0.2) is 12.6 Å². The number of hydrogen-bond acceptors (Lipinski definition) is 4. The van der Waals surface area contributed by atoms with Crippen molar-refractivity contribution in [1.82, 2.24) is 5.48 Å². The Morgan fingerprint density at radius 2 is 1.89 bits per heavy atom. The summed E-state index contributed by atoms with van der Waals surface area (Å²) in [5.41, 5.74) is 2.69. The second-order valence-corrected chi connectivity index (χ2v) is 3.94. The summed E-state index contributed by atoms with van der Waals surface area (Å²) in [6, 6.07) is 6.53. The van der Waals surface area contributed by atoms with Gasteiger partial charge >= 0.3 is 0 Å². The van der Waals surface area contributed by atoms with Crippen LogP contribution in [0, 0.1) is 0 Å². The largest absolute Gasteiger partial charge is 0.356 e. The summed E-state index contributed by atoms with van der Waals surface area (Å²) < 4.78 is 4.58. The summed E-state index contributed by atoms with van der Waals surface area (Å²) in [5.74, 6) is -0.483. The molecule has 0 bridgehead atoms. The summed E-state index contributed by atoms with van der Waals surface area (Å²) in [6.07, 6.45) is 0.176. The van der Waals surface area contributed by atoms with Crippen molar-refractivity contribution in [3.63, 3.8) is 0 Å². The van der Waals surface area contributed by atoms with Crippen molar-refractivity contribution in [3.05, 3.63) is 34.9 Å². The molecule has 1 aromatic rings. The highest BCUT2D eigenvalue weighted by molar-refractivity contribution is 6.30. The van der Waals surface area contributed by atoms with Crippen molar-refractivity contribution in [2.75, 3.05) is 13.9 Å². The van der Waals surface area contributed by atoms with E-state index in [-0.39, 0.29) is 31.3 Å². The first-order valence-corrected chi connectivity index (χ1v) is 5.69. The second-order valence-electron chi connectivity index (χ2n) is 3.51. The van der Waals surface area contributed by atoms with E-state index >= 15 is 0 Å². The lowest BCUT2D eigenvalue weighted by Crippen LogP contribution is -2.25. The summed E-state index contributed by atoms with van der Waals surface area (Å²) >= 11 is 5.71. The van der Waals surface area contributed by atoms with Crippen LogP contribution in [0.5, 0.6) is 0 Å². The van der Waals surface area contributed by atoms with Gasteiger partial charge in [-0.1, -0.05) is 11.6 Å². The maximum absolute atomic E-state index is 11.7. The van der Waals surface area contributed by atoms with E-state index in [4.69, 9.17) is 11.6 Å². The van der Waals surface area contributed by atoms with Gasteiger partial charge in [0.2, 0.25) is 5.91 Å². The van der Waals surface area contributed by atoms with Crippen molar-refractivity contribution in [3.8, 4) is 0 Å². The Morgan fingerprint density at radius 1 is 1.22 bits per heavy atom. The zero-order valence-corrected chi connectivity index (χ0v) is 10.7. The zero-order chi connectivity index (χ0) is 13.4. The molecule has 0 aliphatic heterocycles. The lowest BCUT2D eigenvalue weighted by Gasteiger charge is -2.04. The number of carbonyl (C=O) groups is 2. The average Bonchev–Trinajstić information content (AvgIpc) is 2.37. The van der Waals surface area contributed by atoms with Crippen LogP contribution in [0.2, 0.25) is 5.02 Å². The Bertz CT molecular complexity index is 405. The molecule has 0 aliphatic rings. The maximum Gasteiger partial charge on any atom is 0.244 e. The first-order valence-electron chi connectivity index (χ1n) is 5.32. The minimum absolute atomic E-state index is 0.0309. The van der Waals surface area contributed by atoms with E-state index in [1.807, 2.05) is 0 Å². The van der Waals surface area contributed by atoms with Gasteiger partial charge in [-0.05, 0) is 24.3 Å². The van der Waals surface area contributed by atoms with Gasteiger partial charge < -0.3 is 4.74 Å². The number of ketones is 1. The number of halogens is 1. The first-order chi connectivity index (χ1) is 8.63. The molecule has 0 aliphatic carbocycles. The standard InChI is InChI=1S/C12H14ClNO4/c1-17-8-18-14-12(16)7-6-11(15)9-2-4-10(13)5-3-9/h2-5H,6-8H2,1H3,(H,14,16). The number of hydroxylamine groups is 1. The van der Waals surface area contributed by atoms with Crippen molar-refractivity contribution in [1.29, 1.82) is 0 Å². The molecule has 0 spiro atoms. The molecule has 0 heterocycles. The van der Waals surface area contributed by atoms with Gasteiger partial charge in [0.05, 0.1) is 0 Å². The first kappa shape index (κ1) is 14.6. The third-order valence-electron chi connectivity index (χ3n) is 2.11. The molecule has 1 rings (SSSR count). The van der Waals surface area contributed by atoms with Gasteiger partial charge in [0.1, 0.15) is 0 Å². The number of rotatable bonds is 7. The Balaban J connectivity index is 2.32. The highest BCUT2D eigenvalue weighted by atomic mass is 35.5. The number of Topliss-reactive ketones (excluding diaryl/α,β-unsaturated/α-hetero) is 1. The molecule has 0 radical (unpaired) electrons. The summed E-state index contributed by atoms with van der Waals surface area (Å²) in [4.78, 5) is 27.6. The summed E-state index contributed by atoms with van der Waals surface area (Å²) in [7, 11) is 1.44. The molecule has 5 nitrogen and oxygen atoms in total. The number of hydrogen-bond donors (Lipinski definition) is 1. The highest BCUT2D eigenvalue weighted by Gasteiger charge is 2.09. The van der Waals surface area contributed by atoms with Crippen LogP contribution >= 0.6 is 11.6 Å². The quantitative estimate of drug-likeness (QED) is 0.356. The van der Waals surface area contributed by atoms with Gasteiger partial charge in [-0.25, -0.2) is 10.3 Å². The van der Waals surface area contributed by atoms with E-state index in [0.717, 1.165) is 0 Å². The number of amides is 1. The third-order valence-corrected chi connectivity index (χ3v) is 2.36. The van der Waals surface area contributed by atoms with Crippen LogP contribution < -0.4 is 5.48 Å². The van der Waals surface area contributed by atoms with E-state index in [9.17, 15) is 9.59 Å². The van der Waals surface area contributed by atoms with Crippen molar-refractivity contribution >= 4 is 23.3 Å². The lowest BCUT2D eigenvalue weighted by molar-refractivity contribution is -0.144. The van der Waals surface area contributed by atoms with Gasteiger partial charge in [-0.2, -0.15) is 0 Å². The number of carbonyl (C=O) groups excluding carboxylic acids is 2. The molecule has 98 valence electrons. The molecule has 1 amide bonds. The highest BCUT2D eigenvalue weighted by Crippen LogP contribution is 2.11. The molecule has 18 heavy (non-hydrogen) atoms. The van der Waals surface area contributed by atoms with Crippen LogP contribution in [0.15, 0.2) is 24.3 Å².